The largest absolute Gasteiger partial charge is 0.331 e. The summed E-state index contributed by atoms with van der Waals surface area (Å²) in [6.07, 6.45) is 4.57. The Hall–Kier alpha value is -1.22. The van der Waals surface area contributed by atoms with Gasteiger partial charge >= 0.3 is 0 Å². The maximum absolute atomic E-state index is 13.7. The Morgan fingerprint density at radius 2 is 2.20 bits per heavy atom. The SMILES string of the molecule is Fc1cc2c(cc1I)[nH]c(=S)n2CCCn1cccn1. The lowest BCUT2D eigenvalue weighted by atomic mass is 10.3. The predicted molar refractivity (Wildman–Crippen MR) is 86.6 cm³/mol. The maximum atomic E-state index is 13.7. The molecule has 1 N–H and O–H groups in total. The molecule has 1 aromatic carbocycles. The number of aromatic nitrogens is 4. The molecule has 0 radical (unpaired) electrons. The number of fused-ring (bicyclic) bond motifs is 1. The third-order valence-electron chi connectivity index (χ3n) is 3.14. The first kappa shape index (κ1) is 13.7. The zero-order chi connectivity index (χ0) is 14.1. The monoisotopic (exact) mass is 402 g/mol. The molecule has 0 aliphatic rings. The second kappa shape index (κ2) is 5.65. The summed E-state index contributed by atoms with van der Waals surface area (Å²) >= 11 is 7.29. The number of hydrogen-bond acceptors (Lipinski definition) is 2. The average molecular weight is 402 g/mol. The molecular weight excluding hydrogens is 390 g/mol. The van der Waals surface area contributed by atoms with Crippen LogP contribution in [0.2, 0.25) is 0 Å². The van der Waals surface area contributed by atoms with E-state index >= 15 is 0 Å². The lowest BCUT2D eigenvalue weighted by Gasteiger charge is -2.05. The van der Waals surface area contributed by atoms with Crippen molar-refractivity contribution in [1.82, 2.24) is 19.3 Å². The average Bonchev–Trinajstić information content (AvgIpc) is 3.01. The van der Waals surface area contributed by atoms with E-state index in [9.17, 15) is 4.39 Å². The molecule has 4 nitrogen and oxygen atoms in total. The third-order valence-corrected chi connectivity index (χ3v) is 4.29. The second-order valence-corrected chi connectivity index (χ2v) is 6.04. The maximum Gasteiger partial charge on any atom is 0.178 e. The zero-order valence-electron chi connectivity index (χ0n) is 10.5. The van der Waals surface area contributed by atoms with Gasteiger partial charge in [0, 0.05) is 31.5 Å². The van der Waals surface area contributed by atoms with Crippen molar-refractivity contribution in [2.45, 2.75) is 19.5 Å². The van der Waals surface area contributed by atoms with E-state index in [-0.39, 0.29) is 5.82 Å². The minimum absolute atomic E-state index is 0.215. The molecule has 20 heavy (non-hydrogen) atoms. The topological polar surface area (TPSA) is 38.5 Å². The number of hydrogen-bond donors (Lipinski definition) is 1. The van der Waals surface area contributed by atoms with Gasteiger partial charge in [-0.15, -0.1) is 0 Å². The molecule has 0 atom stereocenters. The van der Waals surface area contributed by atoms with Crippen molar-refractivity contribution in [3.63, 3.8) is 0 Å². The molecule has 2 aromatic heterocycles. The minimum Gasteiger partial charge on any atom is -0.331 e. The van der Waals surface area contributed by atoms with E-state index in [2.05, 4.69) is 10.1 Å². The molecule has 0 aliphatic heterocycles. The smallest absolute Gasteiger partial charge is 0.178 e. The molecule has 0 spiro atoms. The Bertz CT molecular complexity index is 791. The fourth-order valence-corrected chi connectivity index (χ4v) is 2.96. The minimum atomic E-state index is -0.215. The Balaban J connectivity index is 1.85. The van der Waals surface area contributed by atoms with Gasteiger partial charge in [-0.05, 0) is 53.4 Å². The fourth-order valence-electron chi connectivity index (χ4n) is 2.20. The predicted octanol–water partition coefficient (Wildman–Crippen LogP) is 3.73. The number of imidazole rings is 1. The lowest BCUT2D eigenvalue weighted by Crippen LogP contribution is -2.04. The summed E-state index contributed by atoms with van der Waals surface area (Å²) in [5.41, 5.74) is 1.69. The number of H-pyrrole nitrogens is 1. The van der Waals surface area contributed by atoms with Crippen LogP contribution >= 0.6 is 34.8 Å². The quantitative estimate of drug-likeness (QED) is 0.534. The molecule has 0 bridgehead atoms. The summed E-state index contributed by atoms with van der Waals surface area (Å²) in [6, 6.07) is 5.22. The van der Waals surface area contributed by atoms with E-state index in [0.29, 0.717) is 8.34 Å². The normalized spacial score (nSPS) is 11.3. The van der Waals surface area contributed by atoms with E-state index in [4.69, 9.17) is 12.2 Å². The number of nitrogens with one attached hydrogen (secondary N) is 1. The first-order chi connectivity index (χ1) is 9.65. The molecule has 3 aromatic rings. The number of nitrogens with zero attached hydrogens (tertiary/aromatic N) is 3. The van der Waals surface area contributed by atoms with Crippen molar-refractivity contribution in [2.75, 3.05) is 0 Å². The fraction of sp³-hybridized carbons (Fsp3) is 0.231. The van der Waals surface area contributed by atoms with E-state index in [1.54, 1.807) is 12.3 Å². The highest BCUT2D eigenvalue weighted by atomic mass is 127. The third kappa shape index (κ3) is 2.64. The lowest BCUT2D eigenvalue weighted by molar-refractivity contribution is 0.529. The molecule has 0 aliphatic carbocycles. The molecule has 0 amide bonds. The molecule has 0 saturated carbocycles. The van der Waals surface area contributed by atoms with Crippen molar-refractivity contribution < 1.29 is 4.39 Å². The molecule has 7 heteroatoms. The molecule has 2 heterocycles. The van der Waals surface area contributed by atoms with Crippen LogP contribution in [0.4, 0.5) is 4.39 Å². The molecule has 0 unspecified atom stereocenters. The van der Waals surface area contributed by atoms with Crippen molar-refractivity contribution >= 4 is 45.8 Å². The summed E-state index contributed by atoms with van der Waals surface area (Å²) in [5, 5.41) is 4.16. The van der Waals surface area contributed by atoms with Crippen LogP contribution in [0.15, 0.2) is 30.6 Å². The number of rotatable bonds is 4. The summed E-state index contributed by atoms with van der Waals surface area (Å²) in [5.74, 6) is -0.215. The van der Waals surface area contributed by atoms with Gasteiger partial charge in [0.1, 0.15) is 5.82 Å². The van der Waals surface area contributed by atoms with E-state index < -0.39 is 0 Å². The van der Waals surface area contributed by atoms with Crippen molar-refractivity contribution in [2.24, 2.45) is 0 Å². The van der Waals surface area contributed by atoms with Crippen LogP contribution < -0.4 is 0 Å². The van der Waals surface area contributed by atoms with E-state index in [0.717, 1.165) is 30.5 Å². The summed E-state index contributed by atoms with van der Waals surface area (Å²) in [4.78, 5) is 3.12. The van der Waals surface area contributed by atoms with Crippen LogP contribution in [0.5, 0.6) is 0 Å². The van der Waals surface area contributed by atoms with Gasteiger partial charge in [-0.3, -0.25) is 4.68 Å². The van der Waals surface area contributed by atoms with E-state index in [1.165, 1.54) is 6.07 Å². The Morgan fingerprint density at radius 3 is 2.95 bits per heavy atom. The van der Waals surface area contributed by atoms with Gasteiger partial charge in [-0.1, -0.05) is 0 Å². The zero-order valence-corrected chi connectivity index (χ0v) is 13.5. The highest BCUT2D eigenvalue weighted by Gasteiger charge is 2.08. The van der Waals surface area contributed by atoms with Gasteiger partial charge in [-0.2, -0.15) is 5.10 Å². The van der Waals surface area contributed by atoms with Gasteiger partial charge in [0.05, 0.1) is 14.6 Å². The molecule has 3 rings (SSSR count). The first-order valence-electron chi connectivity index (χ1n) is 6.20. The Labute approximate surface area is 133 Å². The van der Waals surface area contributed by atoms with Crippen LogP contribution in [-0.2, 0) is 13.1 Å². The number of aromatic amines is 1. The van der Waals surface area contributed by atoms with Gasteiger partial charge in [-0.25, -0.2) is 4.39 Å². The van der Waals surface area contributed by atoms with Crippen LogP contribution in [0.3, 0.4) is 0 Å². The van der Waals surface area contributed by atoms with Crippen LogP contribution in [0, 0.1) is 14.2 Å². The second-order valence-electron chi connectivity index (χ2n) is 4.49. The van der Waals surface area contributed by atoms with Crippen LogP contribution in [0.1, 0.15) is 6.42 Å². The highest BCUT2D eigenvalue weighted by Crippen LogP contribution is 2.21. The van der Waals surface area contributed by atoms with Crippen molar-refractivity contribution in [1.29, 1.82) is 0 Å². The van der Waals surface area contributed by atoms with Crippen LogP contribution in [0.25, 0.3) is 11.0 Å². The number of aryl methyl sites for hydroxylation is 2. The molecule has 0 saturated heterocycles. The highest BCUT2D eigenvalue weighted by molar-refractivity contribution is 14.1. The molecule has 104 valence electrons. The summed E-state index contributed by atoms with van der Waals surface area (Å²) in [6.45, 7) is 1.55. The van der Waals surface area contributed by atoms with Gasteiger partial charge in [0.2, 0.25) is 0 Å². The summed E-state index contributed by atoms with van der Waals surface area (Å²) in [7, 11) is 0. The standard InChI is InChI=1S/C13H12FIN4S/c14-9-7-12-11(8-10(9)15)17-13(20)19(12)6-2-5-18-4-1-3-16-18/h1,3-4,7-8H,2,5-6H2,(H,17,20). The molecule has 0 fully saturated rings. The van der Waals surface area contributed by atoms with Crippen LogP contribution in [-0.4, -0.2) is 19.3 Å². The van der Waals surface area contributed by atoms with Gasteiger partial charge in [0.15, 0.2) is 4.77 Å². The Morgan fingerprint density at radius 1 is 1.35 bits per heavy atom. The number of benzene rings is 1. The number of halogens is 2. The van der Waals surface area contributed by atoms with Crippen molar-refractivity contribution in [3.8, 4) is 0 Å². The first-order valence-corrected chi connectivity index (χ1v) is 7.69. The molecular formula is C13H12FIN4S. The van der Waals surface area contributed by atoms with Gasteiger partial charge in [0.25, 0.3) is 0 Å². The van der Waals surface area contributed by atoms with Gasteiger partial charge < -0.3 is 9.55 Å². The van der Waals surface area contributed by atoms with Crippen molar-refractivity contribution in [3.05, 3.63) is 44.8 Å². The Kier molecular flexibility index (Phi) is 3.88. The van der Waals surface area contributed by atoms with E-state index in [1.807, 2.05) is 44.1 Å². The summed E-state index contributed by atoms with van der Waals surface area (Å²) < 4.78 is 18.7.